The van der Waals surface area contributed by atoms with E-state index in [2.05, 4.69) is 95.9 Å². The summed E-state index contributed by atoms with van der Waals surface area (Å²) in [7, 11) is 0. The van der Waals surface area contributed by atoms with Gasteiger partial charge in [-0.2, -0.15) is 0 Å². The zero-order valence-electron chi connectivity index (χ0n) is 16.2. The van der Waals surface area contributed by atoms with E-state index in [-0.39, 0.29) is 5.54 Å². The number of fused-ring (bicyclic) bond motifs is 1. The number of nitrogens with two attached hydrogens (primary N) is 1. The van der Waals surface area contributed by atoms with Crippen LogP contribution >= 0.6 is 0 Å². The van der Waals surface area contributed by atoms with Crippen LogP contribution in [-0.4, -0.2) is 24.0 Å². The van der Waals surface area contributed by atoms with E-state index < -0.39 is 0 Å². The molecule has 2 fully saturated rings. The molecule has 3 atom stereocenters. The topological polar surface area (TPSA) is 29.3 Å². The molecule has 0 aromatic heterocycles. The van der Waals surface area contributed by atoms with Crippen molar-refractivity contribution >= 4 is 0 Å². The van der Waals surface area contributed by atoms with Crippen LogP contribution in [-0.2, 0) is 5.54 Å². The van der Waals surface area contributed by atoms with Gasteiger partial charge in [0, 0.05) is 19.1 Å². The first-order chi connectivity index (χ1) is 13.8. The summed E-state index contributed by atoms with van der Waals surface area (Å²) in [6, 6.07) is 33.4. The van der Waals surface area contributed by atoms with Gasteiger partial charge >= 0.3 is 0 Å². The van der Waals surface area contributed by atoms with Gasteiger partial charge in [0.05, 0.1) is 5.54 Å². The number of benzene rings is 3. The number of rotatable bonds is 4. The summed E-state index contributed by atoms with van der Waals surface area (Å²) in [5.41, 5.74) is 10.2. The minimum Gasteiger partial charge on any atom is -0.327 e. The van der Waals surface area contributed by atoms with Crippen LogP contribution in [0.2, 0.25) is 0 Å². The van der Waals surface area contributed by atoms with Crippen molar-refractivity contribution in [2.24, 2.45) is 17.6 Å². The smallest absolute Gasteiger partial charge is 0.0973 e. The average molecular weight is 369 g/mol. The lowest BCUT2D eigenvalue weighted by Gasteiger charge is -2.44. The molecule has 0 unspecified atom stereocenters. The van der Waals surface area contributed by atoms with E-state index in [4.69, 9.17) is 5.73 Å². The Morgan fingerprint density at radius 2 is 1.11 bits per heavy atom. The van der Waals surface area contributed by atoms with E-state index in [9.17, 15) is 0 Å². The minimum atomic E-state index is -0.284. The molecule has 0 amide bonds. The van der Waals surface area contributed by atoms with Gasteiger partial charge in [-0.3, -0.25) is 4.90 Å². The van der Waals surface area contributed by atoms with Crippen molar-refractivity contribution in [2.75, 3.05) is 13.1 Å². The summed E-state index contributed by atoms with van der Waals surface area (Å²) < 4.78 is 0. The maximum atomic E-state index is 6.51. The van der Waals surface area contributed by atoms with E-state index in [1.165, 1.54) is 29.5 Å². The first kappa shape index (κ1) is 17.7. The Morgan fingerprint density at radius 3 is 1.54 bits per heavy atom. The fourth-order valence-electron chi connectivity index (χ4n) is 5.67. The van der Waals surface area contributed by atoms with Crippen LogP contribution in [0.15, 0.2) is 91.0 Å². The molecule has 0 spiro atoms. The van der Waals surface area contributed by atoms with Crippen LogP contribution in [0.4, 0.5) is 0 Å². The van der Waals surface area contributed by atoms with Gasteiger partial charge in [-0.15, -0.1) is 0 Å². The van der Waals surface area contributed by atoms with Crippen molar-refractivity contribution in [2.45, 2.75) is 24.4 Å². The molecule has 1 heterocycles. The zero-order chi connectivity index (χ0) is 19.0. The first-order valence-corrected chi connectivity index (χ1v) is 10.5. The van der Waals surface area contributed by atoms with E-state index in [1.54, 1.807) is 0 Å². The van der Waals surface area contributed by atoms with Crippen LogP contribution < -0.4 is 5.73 Å². The quantitative estimate of drug-likeness (QED) is 0.679. The van der Waals surface area contributed by atoms with E-state index >= 15 is 0 Å². The normalized spacial score (nSPS) is 25.0. The Balaban J connectivity index is 1.74. The predicted octanol–water partition coefficient (Wildman–Crippen LogP) is 4.65. The molecule has 2 N–H and O–H groups in total. The second kappa shape index (κ2) is 7.20. The van der Waals surface area contributed by atoms with E-state index in [1.807, 2.05) is 0 Å². The molecule has 2 heteroatoms. The summed E-state index contributed by atoms with van der Waals surface area (Å²) in [5, 5.41) is 0. The molecular formula is C26H28N2. The van der Waals surface area contributed by atoms with Gasteiger partial charge in [0.1, 0.15) is 0 Å². The average Bonchev–Trinajstić information content (AvgIpc) is 3.33. The summed E-state index contributed by atoms with van der Waals surface area (Å²) in [6.07, 6.45) is 2.44. The van der Waals surface area contributed by atoms with Crippen molar-refractivity contribution in [1.82, 2.24) is 4.90 Å². The van der Waals surface area contributed by atoms with Crippen LogP contribution in [0.25, 0.3) is 0 Å². The third-order valence-electron chi connectivity index (χ3n) is 6.96. The van der Waals surface area contributed by atoms with Gasteiger partial charge in [0.15, 0.2) is 0 Å². The van der Waals surface area contributed by atoms with E-state index in [0.717, 1.165) is 13.1 Å². The first-order valence-electron chi connectivity index (χ1n) is 10.5. The molecule has 1 saturated carbocycles. The third kappa shape index (κ3) is 2.71. The van der Waals surface area contributed by atoms with Crippen LogP contribution in [0, 0.1) is 11.8 Å². The van der Waals surface area contributed by atoms with Crippen molar-refractivity contribution in [3.8, 4) is 0 Å². The summed E-state index contributed by atoms with van der Waals surface area (Å²) in [4.78, 5) is 2.71. The van der Waals surface area contributed by atoms with Crippen molar-refractivity contribution in [1.29, 1.82) is 0 Å². The zero-order valence-corrected chi connectivity index (χ0v) is 16.2. The molecule has 0 radical (unpaired) electrons. The lowest BCUT2D eigenvalue weighted by atomic mass is 9.75. The number of nitrogens with zero attached hydrogens (tertiary/aromatic N) is 1. The molecule has 0 bridgehead atoms. The Labute approximate surface area is 168 Å². The van der Waals surface area contributed by atoms with Crippen LogP contribution in [0.5, 0.6) is 0 Å². The second-order valence-corrected chi connectivity index (χ2v) is 8.38. The van der Waals surface area contributed by atoms with Gasteiger partial charge < -0.3 is 5.73 Å². The molecule has 2 nitrogen and oxygen atoms in total. The molecule has 1 aliphatic carbocycles. The predicted molar refractivity (Wildman–Crippen MR) is 115 cm³/mol. The summed E-state index contributed by atoms with van der Waals surface area (Å²) in [5.74, 6) is 1.32. The standard InChI is InChI=1S/C26H28N2/c27-25-17-16-20-18-28(19-24(20)25)26(21-10-4-1-5-11-21,22-12-6-2-7-13-22)23-14-8-3-9-15-23/h1-15,20,24-25H,16-19,27H2/t20-,24+,25-/m1/s1. The highest BCUT2D eigenvalue weighted by atomic mass is 15.2. The molecule has 2 aliphatic rings. The van der Waals surface area contributed by atoms with Crippen LogP contribution in [0.3, 0.4) is 0 Å². The molecule has 5 rings (SSSR count). The number of hydrogen-bond acceptors (Lipinski definition) is 2. The lowest BCUT2D eigenvalue weighted by molar-refractivity contribution is 0.181. The van der Waals surface area contributed by atoms with E-state index in [0.29, 0.717) is 17.9 Å². The van der Waals surface area contributed by atoms with Gasteiger partial charge in [-0.1, -0.05) is 91.0 Å². The Kier molecular flexibility index (Phi) is 4.54. The number of likely N-dealkylation sites (tertiary alicyclic amines) is 1. The molecule has 28 heavy (non-hydrogen) atoms. The molecule has 3 aromatic rings. The van der Waals surface area contributed by atoms with Crippen molar-refractivity contribution in [3.63, 3.8) is 0 Å². The fraction of sp³-hybridized carbons (Fsp3) is 0.308. The SMILES string of the molecule is N[C@@H]1CC[C@@H]2CN(C(c3ccccc3)(c3ccccc3)c3ccccc3)C[C@@H]21. The fourth-order valence-corrected chi connectivity index (χ4v) is 5.67. The molecule has 1 saturated heterocycles. The van der Waals surface area contributed by atoms with Gasteiger partial charge in [-0.25, -0.2) is 0 Å². The van der Waals surface area contributed by atoms with Gasteiger partial charge in [0.25, 0.3) is 0 Å². The van der Waals surface area contributed by atoms with Gasteiger partial charge in [0.2, 0.25) is 0 Å². The Morgan fingerprint density at radius 1 is 0.643 bits per heavy atom. The Bertz CT molecular complexity index is 810. The minimum absolute atomic E-state index is 0.284. The third-order valence-corrected chi connectivity index (χ3v) is 6.96. The van der Waals surface area contributed by atoms with Crippen molar-refractivity contribution < 1.29 is 0 Å². The monoisotopic (exact) mass is 368 g/mol. The molecule has 1 aliphatic heterocycles. The molecule has 3 aromatic carbocycles. The molecule has 142 valence electrons. The van der Waals surface area contributed by atoms with Crippen LogP contribution in [0.1, 0.15) is 29.5 Å². The second-order valence-electron chi connectivity index (χ2n) is 8.38. The highest BCUT2D eigenvalue weighted by Gasteiger charge is 2.50. The number of hydrogen-bond donors (Lipinski definition) is 1. The maximum absolute atomic E-state index is 6.51. The highest BCUT2D eigenvalue weighted by molar-refractivity contribution is 5.50. The maximum Gasteiger partial charge on any atom is 0.0973 e. The lowest BCUT2D eigenvalue weighted by Crippen LogP contribution is -2.48. The summed E-state index contributed by atoms with van der Waals surface area (Å²) in [6.45, 7) is 2.17. The largest absolute Gasteiger partial charge is 0.327 e. The van der Waals surface area contributed by atoms with Crippen molar-refractivity contribution in [3.05, 3.63) is 108 Å². The summed E-state index contributed by atoms with van der Waals surface area (Å²) >= 11 is 0. The van der Waals surface area contributed by atoms with Gasteiger partial charge in [-0.05, 0) is 41.4 Å². The highest BCUT2D eigenvalue weighted by Crippen LogP contribution is 2.48. The Hall–Kier alpha value is -2.42. The molecular weight excluding hydrogens is 340 g/mol.